The molecule has 0 saturated carbocycles. The fourth-order valence-corrected chi connectivity index (χ4v) is 4.83. The molecule has 1 aromatic heterocycles. The highest BCUT2D eigenvalue weighted by Crippen LogP contribution is 2.34. The van der Waals surface area contributed by atoms with Gasteiger partial charge in [-0.15, -0.1) is 0 Å². The number of nitrogens with zero attached hydrogens (tertiary/aromatic N) is 1. The van der Waals surface area contributed by atoms with E-state index in [0.717, 1.165) is 53.9 Å². The van der Waals surface area contributed by atoms with Crippen molar-refractivity contribution in [3.63, 3.8) is 0 Å². The average molecular weight is 519 g/mol. The summed E-state index contributed by atoms with van der Waals surface area (Å²) in [6.07, 6.45) is 1.35. The van der Waals surface area contributed by atoms with Crippen LogP contribution in [0.5, 0.6) is 0 Å². The molecular formula is C25H25F3N4O3S. The summed E-state index contributed by atoms with van der Waals surface area (Å²) in [5, 5.41) is 17.5. The van der Waals surface area contributed by atoms with Gasteiger partial charge in [-0.1, -0.05) is 41.7 Å². The first-order chi connectivity index (χ1) is 17.2. The van der Waals surface area contributed by atoms with Crippen molar-refractivity contribution in [3.8, 4) is 0 Å². The third kappa shape index (κ3) is 6.61. The van der Waals surface area contributed by atoms with Gasteiger partial charge in [0.05, 0.1) is 22.2 Å². The molecule has 4 N–H and O–H groups in total. The Morgan fingerprint density at radius 1 is 1.11 bits per heavy atom. The summed E-state index contributed by atoms with van der Waals surface area (Å²) in [4.78, 5) is 27.8. The van der Waals surface area contributed by atoms with E-state index in [1.54, 1.807) is 0 Å². The minimum atomic E-state index is -4.49. The summed E-state index contributed by atoms with van der Waals surface area (Å²) in [5.41, 5.74) is 2.45. The standard InChI is InChI=1S/C25H25F3N4O3S/c26-25(27,28)18-10-11-20-19(14-18)30-24(36-20)32-23(35)31-22(29-13-12-21(33)34)17-8-6-16(7-9-17)15-4-2-1-3-5-15/h4,6-11,14,22,29H,1-3,5,12-13H2,(H,33,34)(H2,30,31,32,35). The number of urea groups is 1. The van der Waals surface area contributed by atoms with Crippen LogP contribution in [0.3, 0.4) is 0 Å². The van der Waals surface area contributed by atoms with Crippen LogP contribution in [0.15, 0.2) is 48.5 Å². The second-order valence-electron chi connectivity index (χ2n) is 8.43. The molecule has 1 aliphatic carbocycles. The van der Waals surface area contributed by atoms with Gasteiger partial charge in [0.2, 0.25) is 0 Å². The number of hydrogen-bond donors (Lipinski definition) is 4. The predicted molar refractivity (Wildman–Crippen MR) is 133 cm³/mol. The third-order valence-electron chi connectivity index (χ3n) is 5.80. The van der Waals surface area contributed by atoms with E-state index in [9.17, 15) is 22.8 Å². The van der Waals surface area contributed by atoms with Crippen LogP contribution in [0, 0.1) is 0 Å². The molecule has 1 unspecified atom stereocenters. The van der Waals surface area contributed by atoms with Crippen molar-refractivity contribution in [2.75, 3.05) is 11.9 Å². The number of carboxylic acids is 1. The van der Waals surface area contributed by atoms with Gasteiger partial charge in [0, 0.05) is 6.54 Å². The Morgan fingerprint density at radius 3 is 2.56 bits per heavy atom. The number of alkyl halides is 3. The van der Waals surface area contributed by atoms with E-state index in [1.165, 1.54) is 18.1 Å². The fraction of sp³-hybridized carbons (Fsp3) is 0.320. The summed E-state index contributed by atoms with van der Waals surface area (Å²) in [6, 6.07) is 10.3. The van der Waals surface area contributed by atoms with Crippen molar-refractivity contribution in [2.24, 2.45) is 0 Å². The molecule has 0 saturated heterocycles. The summed E-state index contributed by atoms with van der Waals surface area (Å²) < 4.78 is 39.4. The number of allylic oxidation sites excluding steroid dienone is 2. The van der Waals surface area contributed by atoms with Gasteiger partial charge in [-0.3, -0.25) is 15.4 Å². The quantitative estimate of drug-likeness (QED) is 0.268. The maximum Gasteiger partial charge on any atom is 0.416 e. The zero-order valence-corrected chi connectivity index (χ0v) is 20.0. The second kappa shape index (κ2) is 11.1. The minimum Gasteiger partial charge on any atom is -0.481 e. The molecule has 4 rings (SSSR count). The van der Waals surface area contributed by atoms with E-state index in [-0.39, 0.29) is 23.6 Å². The Morgan fingerprint density at radius 2 is 1.89 bits per heavy atom. The number of thiazole rings is 1. The topological polar surface area (TPSA) is 103 Å². The number of amides is 2. The second-order valence-corrected chi connectivity index (χ2v) is 9.46. The minimum absolute atomic E-state index is 0.120. The lowest BCUT2D eigenvalue weighted by molar-refractivity contribution is -0.138. The lowest BCUT2D eigenvalue weighted by atomic mass is 9.93. The van der Waals surface area contributed by atoms with Crippen molar-refractivity contribution in [3.05, 3.63) is 65.2 Å². The SMILES string of the molecule is O=C(O)CCNC(NC(=O)Nc1nc2cc(C(F)(F)F)ccc2s1)c1ccc(C2=CCCCC2)cc1. The number of rotatable bonds is 8. The Balaban J connectivity index is 1.47. The highest BCUT2D eigenvalue weighted by molar-refractivity contribution is 7.22. The molecular weight excluding hydrogens is 493 g/mol. The number of carbonyl (C=O) groups excluding carboxylic acids is 1. The monoisotopic (exact) mass is 518 g/mol. The van der Waals surface area contributed by atoms with E-state index < -0.39 is 29.9 Å². The van der Waals surface area contributed by atoms with E-state index in [2.05, 4.69) is 27.0 Å². The molecule has 0 aliphatic heterocycles. The Hall–Kier alpha value is -3.44. The van der Waals surface area contributed by atoms with Gasteiger partial charge in [-0.25, -0.2) is 9.78 Å². The maximum atomic E-state index is 13.0. The van der Waals surface area contributed by atoms with E-state index in [0.29, 0.717) is 4.70 Å². The molecule has 1 heterocycles. The van der Waals surface area contributed by atoms with Crippen LogP contribution in [-0.2, 0) is 11.0 Å². The highest BCUT2D eigenvalue weighted by atomic mass is 32.1. The average Bonchev–Trinajstić information content (AvgIpc) is 3.24. The normalized spacial score (nSPS) is 14.8. The number of carbonyl (C=O) groups is 2. The molecule has 1 atom stereocenters. The number of aromatic nitrogens is 1. The van der Waals surface area contributed by atoms with Gasteiger partial charge in [-0.2, -0.15) is 13.2 Å². The highest BCUT2D eigenvalue weighted by Gasteiger charge is 2.31. The summed E-state index contributed by atoms with van der Waals surface area (Å²) in [7, 11) is 0. The molecule has 0 radical (unpaired) electrons. The molecule has 11 heteroatoms. The maximum absolute atomic E-state index is 13.0. The van der Waals surface area contributed by atoms with E-state index in [4.69, 9.17) is 5.11 Å². The van der Waals surface area contributed by atoms with Crippen LogP contribution < -0.4 is 16.0 Å². The zero-order valence-electron chi connectivity index (χ0n) is 19.2. The molecule has 0 bridgehead atoms. The molecule has 0 fully saturated rings. The van der Waals surface area contributed by atoms with Crippen LogP contribution in [0.4, 0.5) is 23.1 Å². The fourth-order valence-electron chi connectivity index (χ4n) is 3.99. The van der Waals surface area contributed by atoms with Crippen molar-refractivity contribution >= 4 is 44.3 Å². The van der Waals surface area contributed by atoms with Gasteiger partial charge in [-0.05, 0) is 60.6 Å². The van der Waals surface area contributed by atoms with E-state index >= 15 is 0 Å². The molecule has 1 aliphatic rings. The number of hydrogen-bond acceptors (Lipinski definition) is 5. The molecule has 2 amide bonds. The molecule has 3 aromatic rings. The van der Waals surface area contributed by atoms with Crippen LogP contribution in [-0.4, -0.2) is 28.6 Å². The Bertz CT molecular complexity index is 1270. The van der Waals surface area contributed by atoms with Crippen molar-refractivity contribution < 1.29 is 27.9 Å². The van der Waals surface area contributed by atoms with Crippen LogP contribution in [0.25, 0.3) is 15.8 Å². The van der Waals surface area contributed by atoms with Crippen LogP contribution in [0.1, 0.15) is 55.0 Å². The number of anilines is 1. The lowest BCUT2D eigenvalue weighted by Crippen LogP contribution is -2.41. The smallest absolute Gasteiger partial charge is 0.416 e. The van der Waals surface area contributed by atoms with Crippen molar-refractivity contribution in [2.45, 2.75) is 44.4 Å². The lowest BCUT2D eigenvalue weighted by Gasteiger charge is -2.21. The first kappa shape index (κ1) is 25.6. The summed E-state index contributed by atoms with van der Waals surface area (Å²) >= 11 is 1.05. The molecule has 0 spiro atoms. The van der Waals surface area contributed by atoms with Gasteiger partial charge in [0.1, 0.15) is 6.17 Å². The molecule has 2 aromatic carbocycles. The first-order valence-electron chi connectivity index (χ1n) is 11.5. The predicted octanol–water partition coefficient (Wildman–Crippen LogP) is 6.16. The van der Waals surface area contributed by atoms with Gasteiger partial charge in [0.25, 0.3) is 0 Å². The zero-order chi connectivity index (χ0) is 25.7. The first-order valence-corrected chi connectivity index (χ1v) is 12.3. The van der Waals surface area contributed by atoms with Gasteiger partial charge >= 0.3 is 18.2 Å². The largest absolute Gasteiger partial charge is 0.481 e. The summed E-state index contributed by atoms with van der Waals surface area (Å²) in [5.74, 6) is -0.974. The Labute approximate surface area is 209 Å². The Kier molecular flexibility index (Phi) is 7.90. The number of fused-ring (bicyclic) bond motifs is 1. The van der Waals surface area contributed by atoms with Crippen LogP contribution >= 0.6 is 11.3 Å². The van der Waals surface area contributed by atoms with E-state index in [1.807, 2.05) is 24.3 Å². The molecule has 36 heavy (non-hydrogen) atoms. The molecule has 7 nitrogen and oxygen atoms in total. The van der Waals surface area contributed by atoms with Crippen molar-refractivity contribution in [1.82, 2.24) is 15.6 Å². The van der Waals surface area contributed by atoms with Crippen molar-refractivity contribution in [1.29, 1.82) is 0 Å². The number of aliphatic carboxylic acids is 1. The number of nitrogens with one attached hydrogen (secondary N) is 3. The van der Waals surface area contributed by atoms with Gasteiger partial charge < -0.3 is 10.4 Å². The number of carboxylic acid groups (broad SMARTS) is 1. The summed E-state index contributed by atoms with van der Waals surface area (Å²) in [6.45, 7) is 0.120. The molecule has 190 valence electrons. The third-order valence-corrected chi connectivity index (χ3v) is 6.76. The van der Waals surface area contributed by atoms with Crippen LogP contribution in [0.2, 0.25) is 0 Å². The van der Waals surface area contributed by atoms with Gasteiger partial charge in [0.15, 0.2) is 5.13 Å². The number of benzene rings is 2. The number of halogens is 3.